The van der Waals surface area contributed by atoms with E-state index in [1.807, 2.05) is 0 Å². The van der Waals surface area contributed by atoms with Gasteiger partial charge in [-0.3, -0.25) is 0 Å². The number of aryl methyl sites for hydroxylation is 2. The third kappa shape index (κ3) is 2.71. The average molecular weight is 317 g/mol. The van der Waals surface area contributed by atoms with Crippen molar-refractivity contribution >= 4 is 38.6 Å². The maximum Gasteiger partial charge on any atom is 0.133 e. The molecular formula is C11H13BrN2S2. The van der Waals surface area contributed by atoms with Gasteiger partial charge in [0.15, 0.2) is 0 Å². The van der Waals surface area contributed by atoms with Gasteiger partial charge in [0.2, 0.25) is 0 Å². The SMILES string of the molecule is Cc1nc(-c2cc(Br)cs2)sc1CCCN. The molecule has 0 aliphatic heterocycles. The van der Waals surface area contributed by atoms with Gasteiger partial charge in [-0.1, -0.05) is 0 Å². The first-order valence-corrected chi connectivity index (χ1v) is 7.60. The van der Waals surface area contributed by atoms with Gasteiger partial charge >= 0.3 is 0 Å². The Kier molecular flexibility index (Phi) is 4.13. The van der Waals surface area contributed by atoms with Crippen LogP contribution in [0.15, 0.2) is 15.9 Å². The summed E-state index contributed by atoms with van der Waals surface area (Å²) in [6.45, 7) is 2.83. The molecule has 2 aromatic rings. The van der Waals surface area contributed by atoms with Gasteiger partial charge in [0.1, 0.15) is 5.01 Å². The smallest absolute Gasteiger partial charge is 0.133 e. The lowest BCUT2D eigenvalue weighted by Crippen LogP contribution is -1.99. The molecule has 2 N–H and O–H groups in total. The Morgan fingerprint density at radius 2 is 2.31 bits per heavy atom. The minimum Gasteiger partial charge on any atom is -0.330 e. The molecule has 0 bridgehead atoms. The second-order valence-corrected chi connectivity index (χ2v) is 6.46. The van der Waals surface area contributed by atoms with Crippen LogP contribution in [0.4, 0.5) is 0 Å². The van der Waals surface area contributed by atoms with Crippen LogP contribution in [0.5, 0.6) is 0 Å². The second kappa shape index (κ2) is 5.40. The van der Waals surface area contributed by atoms with Gasteiger partial charge in [-0.25, -0.2) is 4.98 Å². The van der Waals surface area contributed by atoms with E-state index in [2.05, 4.69) is 39.3 Å². The molecule has 0 aromatic carbocycles. The van der Waals surface area contributed by atoms with Gasteiger partial charge in [0.05, 0.1) is 10.6 Å². The first kappa shape index (κ1) is 12.2. The number of thiazole rings is 1. The van der Waals surface area contributed by atoms with Crippen molar-refractivity contribution < 1.29 is 0 Å². The van der Waals surface area contributed by atoms with E-state index in [9.17, 15) is 0 Å². The fraction of sp³-hybridized carbons (Fsp3) is 0.364. The largest absolute Gasteiger partial charge is 0.330 e. The highest BCUT2D eigenvalue weighted by atomic mass is 79.9. The van der Waals surface area contributed by atoms with E-state index in [1.165, 1.54) is 9.75 Å². The van der Waals surface area contributed by atoms with Gasteiger partial charge < -0.3 is 5.73 Å². The summed E-state index contributed by atoms with van der Waals surface area (Å²) in [5.41, 5.74) is 6.68. The van der Waals surface area contributed by atoms with Crippen LogP contribution in [0.25, 0.3) is 9.88 Å². The van der Waals surface area contributed by atoms with Crippen LogP contribution in [0.3, 0.4) is 0 Å². The fourth-order valence-corrected chi connectivity index (χ4v) is 4.05. The van der Waals surface area contributed by atoms with E-state index in [4.69, 9.17) is 5.73 Å². The first-order chi connectivity index (χ1) is 7.70. The molecule has 2 heterocycles. The number of nitrogens with zero attached hydrogens (tertiary/aromatic N) is 1. The minimum atomic E-state index is 0.747. The minimum absolute atomic E-state index is 0.747. The number of hydrogen-bond acceptors (Lipinski definition) is 4. The molecular weight excluding hydrogens is 304 g/mol. The maximum absolute atomic E-state index is 5.53. The molecule has 0 amide bonds. The van der Waals surface area contributed by atoms with Gasteiger partial charge in [-0.2, -0.15) is 0 Å². The predicted octanol–water partition coefficient (Wildman–Crippen LogP) is 3.83. The van der Waals surface area contributed by atoms with Crippen molar-refractivity contribution in [2.24, 2.45) is 5.73 Å². The molecule has 0 saturated heterocycles. The van der Waals surface area contributed by atoms with Crippen LogP contribution in [-0.2, 0) is 6.42 Å². The second-order valence-electron chi connectivity index (χ2n) is 3.55. The number of halogens is 1. The van der Waals surface area contributed by atoms with Gasteiger partial charge in [-0.15, -0.1) is 22.7 Å². The highest BCUT2D eigenvalue weighted by Gasteiger charge is 2.10. The van der Waals surface area contributed by atoms with Crippen LogP contribution in [0, 0.1) is 6.92 Å². The summed E-state index contributed by atoms with van der Waals surface area (Å²) in [5.74, 6) is 0. The molecule has 0 unspecified atom stereocenters. The molecule has 0 aliphatic carbocycles. The lowest BCUT2D eigenvalue weighted by Gasteiger charge is -1.94. The molecule has 2 aromatic heterocycles. The molecule has 0 radical (unpaired) electrons. The molecule has 0 atom stereocenters. The number of thiophene rings is 1. The Labute approximate surface area is 112 Å². The Bertz CT molecular complexity index is 476. The first-order valence-electron chi connectivity index (χ1n) is 5.11. The third-order valence-corrected chi connectivity index (χ3v) is 5.36. The van der Waals surface area contributed by atoms with Crippen LogP contribution < -0.4 is 5.73 Å². The zero-order valence-electron chi connectivity index (χ0n) is 9.00. The topological polar surface area (TPSA) is 38.9 Å². The zero-order chi connectivity index (χ0) is 11.5. The quantitative estimate of drug-likeness (QED) is 0.931. The highest BCUT2D eigenvalue weighted by molar-refractivity contribution is 9.10. The van der Waals surface area contributed by atoms with E-state index in [1.54, 1.807) is 22.7 Å². The number of nitrogens with two attached hydrogens (primary N) is 1. The van der Waals surface area contributed by atoms with Crippen LogP contribution >= 0.6 is 38.6 Å². The third-order valence-electron chi connectivity index (χ3n) is 2.28. The van der Waals surface area contributed by atoms with Crippen molar-refractivity contribution in [1.82, 2.24) is 4.98 Å². The lowest BCUT2D eigenvalue weighted by molar-refractivity contribution is 0.836. The van der Waals surface area contributed by atoms with Crippen LogP contribution in [0.1, 0.15) is 17.0 Å². The summed E-state index contributed by atoms with van der Waals surface area (Å²) in [4.78, 5) is 7.22. The molecule has 2 nitrogen and oxygen atoms in total. The molecule has 5 heteroatoms. The molecule has 86 valence electrons. The van der Waals surface area contributed by atoms with Crippen LogP contribution in [0.2, 0.25) is 0 Å². The average Bonchev–Trinajstić information content (AvgIpc) is 2.82. The molecule has 0 aliphatic rings. The monoisotopic (exact) mass is 316 g/mol. The Hall–Kier alpha value is -0.230. The normalized spacial score (nSPS) is 10.9. The van der Waals surface area contributed by atoms with Crippen molar-refractivity contribution in [2.45, 2.75) is 19.8 Å². The van der Waals surface area contributed by atoms with E-state index in [-0.39, 0.29) is 0 Å². The molecule has 0 fully saturated rings. The molecule has 0 saturated carbocycles. The Morgan fingerprint density at radius 3 is 2.94 bits per heavy atom. The summed E-state index contributed by atoms with van der Waals surface area (Å²) >= 11 is 6.98. The fourth-order valence-electron chi connectivity index (χ4n) is 1.45. The summed E-state index contributed by atoms with van der Waals surface area (Å²) in [6, 6.07) is 2.12. The number of aromatic nitrogens is 1. The highest BCUT2D eigenvalue weighted by Crippen LogP contribution is 2.34. The molecule has 0 spiro atoms. The standard InChI is InChI=1S/C11H13BrN2S2/c1-7-9(3-2-4-13)16-11(14-7)10-5-8(12)6-15-10/h5-6H,2-4,13H2,1H3. The number of rotatable bonds is 4. The van der Waals surface area contributed by atoms with E-state index in [0.29, 0.717) is 0 Å². The number of hydrogen-bond donors (Lipinski definition) is 1. The van der Waals surface area contributed by atoms with Gasteiger partial charge in [-0.05, 0) is 48.3 Å². The Balaban J connectivity index is 2.23. The van der Waals surface area contributed by atoms with Crippen molar-refractivity contribution in [2.75, 3.05) is 6.54 Å². The van der Waals surface area contributed by atoms with E-state index in [0.717, 1.165) is 34.6 Å². The summed E-state index contributed by atoms with van der Waals surface area (Å²) in [7, 11) is 0. The maximum atomic E-state index is 5.53. The zero-order valence-corrected chi connectivity index (χ0v) is 12.2. The lowest BCUT2D eigenvalue weighted by atomic mass is 10.2. The Morgan fingerprint density at radius 1 is 1.50 bits per heavy atom. The van der Waals surface area contributed by atoms with Gasteiger partial charge in [0.25, 0.3) is 0 Å². The summed E-state index contributed by atoms with van der Waals surface area (Å²) in [6.07, 6.45) is 2.09. The van der Waals surface area contributed by atoms with Crippen molar-refractivity contribution in [1.29, 1.82) is 0 Å². The summed E-state index contributed by atoms with van der Waals surface area (Å²) in [5, 5.41) is 3.21. The van der Waals surface area contributed by atoms with Crippen molar-refractivity contribution in [3.63, 3.8) is 0 Å². The van der Waals surface area contributed by atoms with E-state index >= 15 is 0 Å². The van der Waals surface area contributed by atoms with E-state index < -0.39 is 0 Å². The predicted molar refractivity (Wildman–Crippen MR) is 75.2 cm³/mol. The van der Waals surface area contributed by atoms with Crippen molar-refractivity contribution in [3.8, 4) is 9.88 Å². The van der Waals surface area contributed by atoms with Crippen LogP contribution in [-0.4, -0.2) is 11.5 Å². The molecule has 16 heavy (non-hydrogen) atoms. The molecule has 2 rings (SSSR count). The van der Waals surface area contributed by atoms with Gasteiger partial charge in [0, 0.05) is 14.7 Å². The van der Waals surface area contributed by atoms with Crippen molar-refractivity contribution in [3.05, 3.63) is 26.5 Å². The summed E-state index contributed by atoms with van der Waals surface area (Å²) < 4.78 is 1.13.